The van der Waals surface area contributed by atoms with Crippen LogP contribution in [-0.4, -0.2) is 49.3 Å². The number of carbonyl (C=O) groups is 3. The summed E-state index contributed by atoms with van der Waals surface area (Å²) in [5.74, 6) is -0.871. The lowest BCUT2D eigenvalue weighted by Gasteiger charge is -2.13. The van der Waals surface area contributed by atoms with E-state index in [1.165, 1.54) is 12.2 Å². The largest absolute Gasteiger partial charge is 0.355 e. The molecule has 0 spiro atoms. The SMILES string of the molecule is CNCCNC(=O)CCN1C(=O)C=CC1=O. The van der Waals surface area contributed by atoms with Crippen LogP contribution >= 0.6 is 0 Å². The molecule has 1 aliphatic rings. The number of rotatable bonds is 6. The smallest absolute Gasteiger partial charge is 0.253 e. The van der Waals surface area contributed by atoms with E-state index in [1.807, 2.05) is 0 Å². The summed E-state index contributed by atoms with van der Waals surface area (Å²) in [4.78, 5) is 34.6. The number of imide groups is 1. The molecule has 0 fully saturated rings. The molecule has 6 nitrogen and oxygen atoms in total. The third kappa shape index (κ3) is 3.47. The van der Waals surface area contributed by atoms with Gasteiger partial charge in [-0.2, -0.15) is 0 Å². The highest BCUT2D eigenvalue weighted by Crippen LogP contribution is 2.03. The van der Waals surface area contributed by atoms with Crippen LogP contribution in [-0.2, 0) is 14.4 Å². The van der Waals surface area contributed by atoms with Crippen LogP contribution in [0, 0.1) is 0 Å². The molecule has 0 saturated heterocycles. The van der Waals surface area contributed by atoms with Crippen molar-refractivity contribution in [2.75, 3.05) is 26.7 Å². The third-order valence-corrected chi connectivity index (χ3v) is 2.16. The van der Waals surface area contributed by atoms with E-state index in [-0.39, 0.29) is 30.7 Å². The van der Waals surface area contributed by atoms with Crippen LogP contribution in [0.4, 0.5) is 0 Å². The van der Waals surface area contributed by atoms with Gasteiger partial charge in [-0.05, 0) is 7.05 Å². The molecule has 0 aromatic rings. The van der Waals surface area contributed by atoms with Crippen molar-refractivity contribution in [3.63, 3.8) is 0 Å². The van der Waals surface area contributed by atoms with Crippen molar-refractivity contribution in [2.45, 2.75) is 6.42 Å². The highest BCUT2D eigenvalue weighted by molar-refractivity contribution is 6.13. The fourth-order valence-corrected chi connectivity index (χ4v) is 1.28. The van der Waals surface area contributed by atoms with E-state index < -0.39 is 0 Å². The summed E-state index contributed by atoms with van der Waals surface area (Å²) in [6.07, 6.45) is 2.56. The first-order valence-electron chi connectivity index (χ1n) is 5.10. The number of likely N-dealkylation sites (N-methyl/N-ethyl adjacent to an activating group) is 1. The van der Waals surface area contributed by atoms with Gasteiger partial charge in [-0.1, -0.05) is 0 Å². The second-order valence-corrected chi connectivity index (χ2v) is 3.36. The molecule has 6 heteroatoms. The summed E-state index contributed by atoms with van der Waals surface area (Å²) >= 11 is 0. The lowest BCUT2D eigenvalue weighted by molar-refractivity contribution is -0.137. The van der Waals surface area contributed by atoms with E-state index in [0.29, 0.717) is 13.1 Å². The molecule has 0 aliphatic carbocycles. The highest BCUT2D eigenvalue weighted by atomic mass is 16.2. The van der Waals surface area contributed by atoms with E-state index in [2.05, 4.69) is 10.6 Å². The summed E-state index contributed by atoms with van der Waals surface area (Å²) < 4.78 is 0. The number of amides is 3. The first-order valence-corrected chi connectivity index (χ1v) is 5.10. The molecule has 88 valence electrons. The topological polar surface area (TPSA) is 78.5 Å². The van der Waals surface area contributed by atoms with Gasteiger partial charge in [0.25, 0.3) is 11.8 Å². The minimum atomic E-state index is -0.354. The Kier molecular flexibility index (Phi) is 4.65. The molecule has 1 heterocycles. The molecule has 0 aromatic heterocycles. The zero-order chi connectivity index (χ0) is 12.0. The van der Waals surface area contributed by atoms with Crippen LogP contribution in [0.2, 0.25) is 0 Å². The van der Waals surface area contributed by atoms with E-state index >= 15 is 0 Å². The van der Waals surface area contributed by atoms with Gasteiger partial charge < -0.3 is 10.6 Å². The zero-order valence-corrected chi connectivity index (χ0v) is 9.16. The molecular weight excluding hydrogens is 210 g/mol. The predicted molar refractivity (Wildman–Crippen MR) is 57.4 cm³/mol. The maximum absolute atomic E-state index is 11.3. The van der Waals surface area contributed by atoms with Gasteiger partial charge in [0.1, 0.15) is 0 Å². The molecule has 0 unspecified atom stereocenters. The Balaban J connectivity index is 2.22. The van der Waals surface area contributed by atoms with Gasteiger partial charge in [-0.15, -0.1) is 0 Å². The number of hydrogen-bond donors (Lipinski definition) is 2. The van der Waals surface area contributed by atoms with E-state index in [9.17, 15) is 14.4 Å². The van der Waals surface area contributed by atoms with Crippen molar-refractivity contribution in [2.24, 2.45) is 0 Å². The van der Waals surface area contributed by atoms with E-state index in [4.69, 9.17) is 0 Å². The Morgan fingerprint density at radius 2 is 1.88 bits per heavy atom. The van der Waals surface area contributed by atoms with E-state index in [1.54, 1.807) is 7.05 Å². The maximum Gasteiger partial charge on any atom is 0.253 e. The van der Waals surface area contributed by atoms with Gasteiger partial charge in [0.2, 0.25) is 5.91 Å². The summed E-state index contributed by atoms with van der Waals surface area (Å²) in [7, 11) is 1.79. The van der Waals surface area contributed by atoms with Gasteiger partial charge in [0.05, 0.1) is 0 Å². The Morgan fingerprint density at radius 3 is 2.44 bits per heavy atom. The maximum atomic E-state index is 11.3. The lowest BCUT2D eigenvalue weighted by Crippen LogP contribution is -2.36. The standard InChI is InChI=1S/C10H15N3O3/c1-11-5-6-12-8(14)4-7-13-9(15)2-3-10(13)16/h2-3,11H,4-7H2,1H3,(H,12,14). The fourth-order valence-electron chi connectivity index (χ4n) is 1.28. The number of nitrogens with one attached hydrogen (secondary N) is 2. The predicted octanol–water partition coefficient (Wildman–Crippen LogP) is -1.36. The van der Waals surface area contributed by atoms with Gasteiger partial charge in [-0.25, -0.2) is 0 Å². The Bertz CT molecular complexity index is 307. The minimum absolute atomic E-state index is 0.135. The molecule has 0 bridgehead atoms. The Hall–Kier alpha value is -1.69. The first-order chi connectivity index (χ1) is 7.65. The van der Waals surface area contributed by atoms with Crippen molar-refractivity contribution in [3.05, 3.63) is 12.2 Å². The summed E-state index contributed by atoms with van der Waals surface area (Å²) in [5.41, 5.74) is 0. The summed E-state index contributed by atoms with van der Waals surface area (Å²) in [6.45, 7) is 1.36. The lowest BCUT2D eigenvalue weighted by atomic mass is 10.3. The molecule has 3 amide bonds. The monoisotopic (exact) mass is 225 g/mol. The average Bonchev–Trinajstić information content (AvgIpc) is 2.57. The molecule has 0 aromatic carbocycles. The third-order valence-electron chi connectivity index (χ3n) is 2.16. The summed E-state index contributed by atoms with van der Waals surface area (Å²) in [6, 6.07) is 0. The first kappa shape index (κ1) is 12.4. The average molecular weight is 225 g/mol. The molecule has 1 rings (SSSR count). The quantitative estimate of drug-likeness (QED) is 0.432. The van der Waals surface area contributed by atoms with Crippen LogP contribution in [0.3, 0.4) is 0 Å². The van der Waals surface area contributed by atoms with Crippen molar-refractivity contribution >= 4 is 17.7 Å². The fraction of sp³-hybridized carbons (Fsp3) is 0.500. The Labute approximate surface area is 93.7 Å². The minimum Gasteiger partial charge on any atom is -0.355 e. The van der Waals surface area contributed by atoms with Gasteiger partial charge in [0.15, 0.2) is 0 Å². The number of nitrogens with zero attached hydrogens (tertiary/aromatic N) is 1. The van der Waals surface area contributed by atoms with Crippen LogP contribution in [0.15, 0.2) is 12.2 Å². The van der Waals surface area contributed by atoms with Crippen molar-refractivity contribution in [3.8, 4) is 0 Å². The van der Waals surface area contributed by atoms with Crippen molar-refractivity contribution in [1.29, 1.82) is 0 Å². The molecule has 0 radical (unpaired) electrons. The summed E-state index contributed by atoms with van der Waals surface area (Å²) in [5, 5.41) is 5.56. The van der Waals surface area contributed by atoms with Crippen LogP contribution in [0.5, 0.6) is 0 Å². The van der Waals surface area contributed by atoms with Gasteiger partial charge >= 0.3 is 0 Å². The van der Waals surface area contributed by atoms with E-state index in [0.717, 1.165) is 4.90 Å². The normalized spacial score (nSPS) is 14.7. The van der Waals surface area contributed by atoms with Crippen LogP contribution in [0.25, 0.3) is 0 Å². The highest BCUT2D eigenvalue weighted by Gasteiger charge is 2.23. The molecular formula is C10H15N3O3. The second-order valence-electron chi connectivity index (χ2n) is 3.36. The molecule has 16 heavy (non-hydrogen) atoms. The van der Waals surface area contributed by atoms with Crippen molar-refractivity contribution < 1.29 is 14.4 Å². The zero-order valence-electron chi connectivity index (χ0n) is 9.16. The van der Waals surface area contributed by atoms with Gasteiger partial charge in [-0.3, -0.25) is 19.3 Å². The van der Waals surface area contributed by atoms with Crippen LogP contribution in [0.1, 0.15) is 6.42 Å². The Morgan fingerprint density at radius 1 is 1.25 bits per heavy atom. The number of carbonyl (C=O) groups excluding carboxylic acids is 3. The molecule has 0 atom stereocenters. The molecule has 1 aliphatic heterocycles. The molecule has 2 N–H and O–H groups in total. The second kappa shape index (κ2) is 6.02. The number of hydrogen-bond acceptors (Lipinski definition) is 4. The van der Waals surface area contributed by atoms with Crippen molar-refractivity contribution in [1.82, 2.24) is 15.5 Å². The molecule has 0 saturated carbocycles. The van der Waals surface area contributed by atoms with Gasteiger partial charge in [0, 0.05) is 38.2 Å². The van der Waals surface area contributed by atoms with Crippen LogP contribution < -0.4 is 10.6 Å².